The zero-order valence-corrected chi connectivity index (χ0v) is 17.6. The first-order chi connectivity index (χ1) is 15.3. The Morgan fingerprint density at radius 2 is 1.62 bits per heavy atom. The highest BCUT2D eigenvalue weighted by Gasteiger charge is 2.34. The summed E-state index contributed by atoms with van der Waals surface area (Å²) >= 11 is 1.50. The fourth-order valence-corrected chi connectivity index (χ4v) is 4.70. The van der Waals surface area contributed by atoms with Crippen LogP contribution in [0.4, 0.5) is 18.9 Å². The van der Waals surface area contributed by atoms with E-state index >= 15 is 0 Å². The van der Waals surface area contributed by atoms with Gasteiger partial charge in [0.25, 0.3) is 5.91 Å². The number of amides is 2. The quantitative estimate of drug-likeness (QED) is 0.533. The van der Waals surface area contributed by atoms with Gasteiger partial charge in [0.1, 0.15) is 5.37 Å². The molecule has 0 spiro atoms. The molecule has 4 nitrogen and oxygen atoms in total. The predicted molar refractivity (Wildman–Crippen MR) is 118 cm³/mol. The minimum absolute atomic E-state index is 0.0365. The smallest absolute Gasteiger partial charge is 0.322 e. The van der Waals surface area contributed by atoms with Crippen LogP contribution in [0.2, 0.25) is 0 Å². The van der Waals surface area contributed by atoms with Crippen molar-refractivity contribution in [1.82, 2.24) is 4.90 Å². The number of carbonyl (C=O) groups excluding carboxylic acids is 2. The molecule has 1 atom stereocenters. The molecule has 0 saturated carbocycles. The van der Waals surface area contributed by atoms with Gasteiger partial charge in [-0.05, 0) is 35.4 Å². The molecule has 8 heteroatoms. The maximum atomic E-state index is 13.2. The minimum atomic E-state index is -4.57. The summed E-state index contributed by atoms with van der Waals surface area (Å²) in [7, 11) is 0. The molecule has 164 valence electrons. The number of nitrogens with zero attached hydrogens (tertiary/aromatic N) is 1. The lowest BCUT2D eigenvalue weighted by Crippen LogP contribution is -2.27. The third-order valence-corrected chi connectivity index (χ3v) is 6.36. The lowest BCUT2D eigenvalue weighted by molar-refractivity contribution is -0.137. The molecule has 4 rings (SSSR count). The Balaban J connectivity index is 1.49. The molecule has 1 heterocycles. The molecule has 1 aliphatic heterocycles. The Bertz CT molecular complexity index is 1120. The van der Waals surface area contributed by atoms with Crippen LogP contribution in [0.3, 0.4) is 0 Å². The van der Waals surface area contributed by atoms with Crippen molar-refractivity contribution in [3.05, 3.63) is 101 Å². The average Bonchev–Trinajstić information content (AvgIpc) is 3.14. The summed E-state index contributed by atoms with van der Waals surface area (Å²) in [6.45, 7) is 0.480. The number of carbonyl (C=O) groups is 2. The molecule has 1 N–H and O–H groups in total. The van der Waals surface area contributed by atoms with Gasteiger partial charge in [0.15, 0.2) is 0 Å². The molecule has 0 radical (unpaired) electrons. The van der Waals surface area contributed by atoms with Crippen LogP contribution in [-0.2, 0) is 17.5 Å². The maximum Gasteiger partial charge on any atom is 0.418 e. The maximum absolute atomic E-state index is 13.2. The molecule has 0 bridgehead atoms. The highest BCUT2D eigenvalue weighted by Crippen LogP contribution is 2.40. The van der Waals surface area contributed by atoms with Crippen LogP contribution < -0.4 is 5.32 Å². The van der Waals surface area contributed by atoms with Crippen LogP contribution in [0, 0.1) is 0 Å². The fraction of sp³-hybridized carbons (Fsp3) is 0.167. The Kier molecular flexibility index (Phi) is 6.23. The summed E-state index contributed by atoms with van der Waals surface area (Å²) in [5, 5.41) is 2.15. The molecule has 0 aromatic heterocycles. The zero-order chi connectivity index (χ0) is 22.7. The fourth-order valence-electron chi connectivity index (χ4n) is 3.51. The minimum Gasteiger partial charge on any atom is -0.322 e. The number of anilines is 1. The van der Waals surface area contributed by atoms with Crippen molar-refractivity contribution in [2.45, 2.75) is 18.1 Å². The lowest BCUT2D eigenvalue weighted by atomic mass is 10.1. The second-order valence-electron chi connectivity index (χ2n) is 7.29. The van der Waals surface area contributed by atoms with Gasteiger partial charge in [-0.3, -0.25) is 9.59 Å². The van der Waals surface area contributed by atoms with Gasteiger partial charge in [-0.2, -0.15) is 13.2 Å². The largest absolute Gasteiger partial charge is 0.418 e. The second kappa shape index (κ2) is 9.08. The van der Waals surface area contributed by atoms with Gasteiger partial charge in [-0.15, -0.1) is 11.8 Å². The van der Waals surface area contributed by atoms with Gasteiger partial charge in [0.05, 0.1) is 17.0 Å². The van der Waals surface area contributed by atoms with Gasteiger partial charge in [0, 0.05) is 12.1 Å². The summed E-state index contributed by atoms with van der Waals surface area (Å²) in [4.78, 5) is 26.7. The Hall–Kier alpha value is -3.26. The van der Waals surface area contributed by atoms with Gasteiger partial charge in [0.2, 0.25) is 5.91 Å². The van der Waals surface area contributed by atoms with Crippen LogP contribution in [0.5, 0.6) is 0 Å². The predicted octanol–water partition coefficient (Wildman–Crippen LogP) is 5.73. The number of para-hydroxylation sites is 1. The van der Waals surface area contributed by atoms with Crippen LogP contribution in [0.15, 0.2) is 78.9 Å². The van der Waals surface area contributed by atoms with E-state index in [4.69, 9.17) is 0 Å². The summed E-state index contributed by atoms with van der Waals surface area (Å²) in [5.41, 5.74) is 0.911. The van der Waals surface area contributed by atoms with E-state index in [1.54, 1.807) is 29.2 Å². The van der Waals surface area contributed by atoms with Crippen LogP contribution in [0.25, 0.3) is 0 Å². The van der Waals surface area contributed by atoms with Crippen molar-refractivity contribution in [3.63, 3.8) is 0 Å². The highest BCUT2D eigenvalue weighted by molar-refractivity contribution is 8.00. The van der Waals surface area contributed by atoms with Crippen molar-refractivity contribution in [1.29, 1.82) is 0 Å². The number of alkyl halides is 3. The summed E-state index contributed by atoms with van der Waals surface area (Å²) in [5.74, 6) is -0.229. The number of halogens is 3. The number of thioether (sulfide) groups is 1. The first-order valence-electron chi connectivity index (χ1n) is 9.85. The Labute approximate surface area is 187 Å². The monoisotopic (exact) mass is 456 g/mol. The van der Waals surface area contributed by atoms with Crippen molar-refractivity contribution < 1.29 is 22.8 Å². The van der Waals surface area contributed by atoms with E-state index in [-0.39, 0.29) is 22.5 Å². The number of benzene rings is 3. The topological polar surface area (TPSA) is 49.4 Å². The molecule has 3 aromatic carbocycles. The Morgan fingerprint density at radius 3 is 2.31 bits per heavy atom. The first-order valence-corrected chi connectivity index (χ1v) is 10.9. The third-order valence-electron chi connectivity index (χ3n) is 5.10. The third kappa shape index (κ3) is 4.80. The van der Waals surface area contributed by atoms with E-state index in [9.17, 15) is 22.8 Å². The van der Waals surface area contributed by atoms with Crippen molar-refractivity contribution in [2.75, 3.05) is 11.1 Å². The number of rotatable bonds is 5. The summed E-state index contributed by atoms with van der Waals surface area (Å²) in [6.07, 6.45) is -4.57. The number of hydrogen-bond donors (Lipinski definition) is 1. The van der Waals surface area contributed by atoms with Gasteiger partial charge < -0.3 is 10.2 Å². The van der Waals surface area contributed by atoms with Crippen molar-refractivity contribution in [2.24, 2.45) is 0 Å². The number of nitrogens with one attached hydrogen (secondary N) is 1. The number of hydrogen-bond acceptors (Lipinski definition) is 3. The van der Waals surface area contributed by atoms with E-state index < -0.39 is 17.6 Å². The first kappa shape index (κ1) is 22.0. The van der Waals surface area contributed by atoms with Crippen LogP contribution in [0.1, 0.15) is 32.4 Å². The lowest BCUT2D eigenvalue weighted by Gasteiger charge is -2.24. The molecular formula is C24H19F3N2O2S. The van der Waals surface area contributed by atoms with Crippen LogP contribution in [-0.4, -0.2) is 22.5 Å². The zero-order valence-electron chi connectivity index (χ0n) is 16.8. The molecule has 1 saturated heterocycles. The van der Waals surface area contributed by atoms with E-state index in [1.807, 2.05) is 30.3 Å². The Morgan fingerprint density at radius 1 is 0.969 bits per heavy atom. The van der Waals surface area contributed by atoms with E-state index in [1.165, 1.54) is 30.0 Å². The van der Waals surface area contributed by atoms with Crippen LogP contribution >= 0.6 is 11.8 Å². The molecule has 0 unspecified atom stereocenters. The molecule has 2 amide bonds. The van der Waals surface area contributed by atoms with Gasteiger partial charge in [-0.25, -0.2) is 0 Å². The molecule has 0 aliphatic carbocycles. The molecule has 1 fully saturated rings. The van der Waals surface area contributed by atoms with E-state index in [2.05, 4.69) is 5.32 Å². The second-order valence-corrected chi connectivity index (χ2v) is 8.36. The summed E-state index contributed by atoms with van der Waals surface area (Å²) in [6, 6.07) is 21.1. The van der Waals surface area contributed by atoms with E-state index in [0.29, 0.717) is 12.3 Å². The summed E-state index contributed by atoms with van der Waals surface area (Å²) < 4.78 is 39.5. The van der Waals surface area contributed by atoms with Gasteiger partial charge in [-0.1, -0.05) is 54.6 Å². The average molecular weight is 456 g/mol. The molecular weight excluding hydrogens is 437 g/mol. The standard InChI is InChI=1S/C24H19F3N2O2S/c25-24(26,27)19-8-4-5-9-20(19)28-22(31)17-10-12-18(13-11-17)23-29(21(30)15-32-23)14-16-6-2-1-3-7-16/h1-13,23H,14-15H2,(H,28,31)/t23-/m0/s1. The van der Waals surface area contributed by atoms with E-state index in [0.717, 1.165) is 17.2 Å². The van der Waals surface area contributed by atoms with Gasteiger partial charge >= 0.3 is 6.18 Å². The highest BCUT2D eigenvalue weighted by atomic mass is 32.2. The van der Waals surface area contributed by atoms with Crippen molar-refractivity contribution in [3.8, 4) is 0 Å². The molecule has 1 aliphatic rings. The molecule has 32 heavy (non-hydrogen) atoms. The SMILES string of the molecule is O=C(Nc1ccccc1C(F)(F)F)c1ccc([C@@H]2SCC(=O)N2Cc2ccccc2)cc1. The van der Waals surface area contributed by atoms with Crippen molar-refractivity contribution >= 4 is 29.3 Å². The molecule has 3 aromatic rings. The normalized spacial score (nSPS) is 16.3.